The number of carbonyl (C=O) groups excluding carboxylic acids is 1. The van der Waals surface area contributed by atoms with Crippen LogP contribution in [-0.4, -0.2) is 30.3 Å². The summed E-state index contributed by atoms with van der Waals surface area (Å²) in [6.45, 7) is 4.44. The smallest absolute Gasteiger partial charge is 0.178 e. The summed E-state index contributed by atoms with van der Waals surface area (Å²) < 4.78 is 0. The maximum Gasteiger partial charge on any atom is 0.178 e. The van der Waals surface area contributed by atoms with Crippen molar-refractivity contribution in [3.63, 3.8) is 0 Å². The molecule has 0 bridgehead atoms. The fourth-order valence-corrected chi connectivity index (χ4v) is 2.49. The third-order valence-corrected chi connectivity index (χ3v) is 3.81. The second-order valence-electron chi connectivity index (χ2n) is 4.82. The highest BCUT2D eigenvalue weighted by Gasteiger charge is 2.25. The number of hydrogen-bond acceptors (Lipinski definition) is 2. The van der Waals surface area contributed by atoms with Crippen LogP contribution in [0.2, 0.25) is 10.0 Å². The predicted molar refractivity (Wildman–Crippen MR) is 75.6 cm³/mol. The molecule has 0 saturated heterocycles. The van der Waals surface area contributed by atoms with Crippen molar-refractivity contribution >= 4 is 29.0 Å². The van der Waals surface area contributed by atoms with E-state index in [-0.39, 0.29) is 5.78 Å². The lowest BCUT2D eigenvalue weighted by Crippen LogP contribution is -2.31. The van der Waals surface area contributed by atoms with E-state index in [1.54, 1.807) is 18.2 Å². The number of likely N-dealkylation sites (N-methyl/N-ethyl adjacent to an activating group) is 1. The Morgan fingerprint density at radius 1 is 1.39 bits per heavy atom. The topological polar surface area (TPSA) is 20.3 Å². The molecule has 2 nitrogen and oxygen atoms in total. The minimum Gasteiger partial charge on any atom is -0.296 e. The van der Waals surface area contributed by atoms with E-state index >= 15 is 0 Å². The molecule has 1 fully saturated rings. The van der Waals surface area contributed by atoms with Crippen molar-refractivity contribution < 1.29 is 4.79 Å². The fourth-order valence-electron chi connectivity index (χ4n) is 1.97. The van der Waals surface area contributed by atoms with E-state index in [1.165, 1.54) is 12.8 Å². The lowest BCUT2D eigenvalue weighted by Gasteiger charge is -2.19. The highest BCUT2D eigenvalue weighted by Crippen LogP contribution is 2.29. The molecule has 0 aliphatic heterocycles. The molecule has 98 valence electrons. The molecular formula is C14H17Cl2NO. The molecule has 2 rings (SSSR count). The van der Waals surface area contributed by atoms with E-state index < -0.39 is 0 Å². The summed E-state index contributed by atoms with van der Waals surface area (Å²) in [6, 6.07) is 5.03. The number of ketones is 1. The van der Waals surface area contributed by atoms with E-state index in [0.717, 1.165) is 19.0 Å². The average Bonchev–Trinajstić information content (AvgIpc) is 3.11. The molecule has 0 spiro atoms. The fraction of sp³-hybridized carbons (Fsp3) is 0.500. The van der Waals surface area contributed by atoms with Crippen LogP contribution >= 0.6 is 23.2 Å². The number of nitrogens with zero attached hydrogens (tertiary/aromatic N) is 1. The number of halogens is 2. The van der Waals surface area contributed by atoms with Gasteiger partial charge in [-0.3, -0.25) is 9.69 Å². The van der Waals surface area contributed by atoms with Gasteiger partial charge in [-0.1, -0.05) is 30.1 Å². The molecule has 0 aromatic heterocycles. The van der Waals surface area contributed by atoms with Gasteiger partial charge in [0.05, 0.1) is 11.6 Å². The Bertz CT molecular complexity index is 443. The average molecular weight is 286 g/mol. The SMILES string of the molecule is CCN(CC(=O)c1ccc(Cl)cc1Cl)CC1CC1. The van der Waals surface area contributed by atoms with Gasteiger partial charge in [0.1, 0.15) is 0 Å². The van der Waals surface area contributed by atoms with Crippen LogP contribution in [0.4, 0.5) is 0 Å². The van der Waals surface area contributed by atoms with Crippen molar-refractivity contribution in [2.45, 2.75) is 19.8 Å². The standard InChI is InChI=1S/C14H17Cl2NO/c1-2-17(8-10-3-4-10)9-14(18)12-6-5-11(15)7-13(12)16/h5-7,10H,2-4,8-9H2,1H3. The van der Waals surface area contributed by atoms with Gasteiger partial charge in [-0.25, -0.2) is 0 Å². The molecule has 0 N–H and O–H groups in total. The third-order valence-electron chi connectivity index (χ3n) is 3.26. The van der Waals surface area contributed by atoms with Gasteiger partial charge in [0.2, 0.25) is 0 Å². The van der Waals surface area contributed by atoms with Crippen LogP contribution in [-0.2, 0) is 0 Å². The van der Waals surface area contributed by atoms with E-state index in [0.29, 0.717) is 22.2 Å². The summed E-state index contributed by atoms with van der Waals surface area (Å²) in [6.07, 6.45) is 2.60. The highest BCUT2D eigenvalue weighted by molar-refractivity contribution is 6.36. The van der Waals surface area contributed by atoms with Crippen LogP contribution in [0.5, 0.6) is 0 Å². The Balaban J connectivity index is 2.00. The molecule has 1 saturated carbocycles. The molecule has 0 atom stereocenters. The Morgan fingerprint density at radius 3 is 2.67 bits per heavy atom. The Hall–Kier alpha value is -0.570. The molecular weight excluding hydrogens is 269 g/mol. The maximum absolute atomic E-state index is 12.2. The van der Waals surface area contributed by atoms with Gasteiger partial charge in [-0.2, -0.15) is 0 Å². The van der Waals surface area contributed by atoms with E-state index in [4.69, 9.17) is 23.2 Å². The van der Waals surface area contributed by atoms with Gasteiger partial charge in [0.25, 0.3) is 0 Å². The first-order valence-electron chi connectivity index (χ1n) is 6.30. The number of benzene rings is 1. The molecule has 0 unspecified atom stereocenters. The molecule has 1 aromatic rings. The third kappa shape index (κ3) is 3.71. The van der Waals surface area contributed by atoms with Crippen molar-refractivity contribution in [2.24, 2.45) is 5.92 Å². The van der Waals surface area contributed by atoms with Crippen LogP contribution in [0.25, 0.3) is 0 Å². The van der Waals surface area contributed by atoms with Gasteiger partial charge in [-0.05, 0) is 43.5 Å². The van der Waals surface area contributed by atoms with E-state index in [9.17, 15) is 4.79 Å². The molecule has 1 aliphatic rings. The summed E-state index contributed by atoms with van der Waals surface area (Å²) in [5, 5.41) is 0.997. The first-order chi connectivity index (χ1) is 8.60. The molecule has 0 radical (unpaired) electrons. The van der Waals surface area contributed by atoms with Gasteiger partial charge in [0.15, 0.2) is 5.78 Å². The van der Waals surface area contributed by atoms with Crippen molar-refractivity contribution in [2.75, 3.05) is 19.6 Å². The molecule has 4 heteroatoms. The molecule has 1 aliphatic carbocycles. The van der Waals surface area contributed by atoms with Crippen molar-refractivity contribution in [1.29, 1.82) is 0 Å². The lowest BCUT2D eigenvalue weighted by atomic mass is 10.1. The van der Waals surface area contributed by atoms with Crippen LogP contribution in [0.15, 0.2) is 18.2 Å². The molecule has 0 amide bonds. The lowest BCUT2D eigenvalue weighted by molar-refractivity contribution is 0.0931. The normalized spacial score (nSPS) is 15.1. The van der Waals surface area contributed by atoms with Gasteiger partial charge < -0.3 is 0 Å². The molecule has 0 heterocycles. The zero-order valence-electron chi connectivity index (χ0n) is 10.5. The molecule has 1 aromatic carbocycles. The number of Topliss-reactive ketones (excluding diaryl/α,β-unsaturated/α-hetero) is 1. The predicted octanol–water partition coefficient (Wildman–Crippen LogP) is 3.91. The first-order valence-corrected chi connectivity index (χ1v) is 7.06. The number of hydrogen-bond donors (Lipinski definition) is 0. The zero-order chi connectivity index (χ0) is 13.1. The van der Waals surface area contributed by atoms with Gasteiger partial charge >= 0.3 is 0 Å². The Morgan fingerprint density at radius 2 is 2.11 bits per heavy atom. The Kier molecular flexibility index (Phi) is 4.66. The summed E-state index contributed by atoms with van der Waals surface area (Å²) in [5.41, 5.74) is 0.565. The summed E-state index contributed by atoms with van der Waals surface area (Å²) in [4.78, 5) is 14.4. The first kappa shape index (κ1) is 13.9. The van der Waals surface area contributed by atoms with E-state index in [1.807, 2.05) is 0 Å². The highest BCUT2D eigenvalue weighted by atomic mass is 35.5. The van der Waals surface area contributed by atoms with E-state index in [2.05, 4.69) is 11.8 Å². The number of rotatable bonds is 6. The van der Waals surface area contributed by atoms with Crippen molar-refractivity contribution in [1.82, 2.24) is 4.90 Å². The van der Waals surface area contributed by atoms with Gasteiger partial charge in [0, 0.05) is 17.1 Å². The van der Waals surface area contributed by atoms with Gasteiger partial charge in [-0.15, -0.1) is 0 Å². The van der Waals surface area contributed by atoms with Crippen LogP contribution < -0.4 is 0 Å². The largest absolute Gasteiger partial charge is 0.296 e. The monoisotopic (exact) mass is 285 g/mol. The van der Waals surface area contributed by atoms with Crippen molar-refractivity contribution in [3.05, 3.63) is 33.8 Å². The summed E-state index contributed by atoms with van der Waals surface area (Å²) >= 11 is 11.9. The quantitative estimate of drug-likeness (QED) is 0.739. The second kappa shape index (κ2) is 6.05. The summed E-state index contributed by atoms with van der Waals surface area (Å²) in [5.74, 6) is 0.859. The maximum atomic E-state index is 12.2. The molecule has 18 heavy (non-hydrogen) atoms. The van der Waals surface area contributed by atoms with Crippen LogP contribution in [0, 0.1) is 5.92 Å². The van der Waals surface area contributed by atoms with Crippen molar-refractivity contribution in [3.8, 4) is 0 Å². The summed E-state index contributed by atoms with van der Waals surface area (Å²) in [7, 11) is 0. The minimum absolute atomic E-state index is 0.0687. The van der Waals surface area contributed by atoms with Crippen LogP contribution in [0.1, 0.15) is 30.1 Å². The second-order valence-corrected chi connectivity index (χ2v) is 5.66. The zero-order valence-corrected chi connectivity index (χ0v) is 12.0. The Labute approximate surface area is 118 Å². The minimum atomic E-state index is 0.0687. The van der Waals surface area contributed by atoms with Crippen LogP contribution in [0.3, 0.4) is 0 Å². The number of carbonyl (C=O) groups is 1.